The molecule has 22 heavy (non-hydrogen) atoms. The highest BCUT2D eigenvalue weighted by Crippen LogP contribution is 2.26. The first-order valence-corrected chi connectivity index (χ1v) is 8.41. The second-order valence-corrected chi connectivity index (χ2v) is 6.62. The average molecular weight is 297 g/mol. The van der Waals surface area contributed by atoms with Crippen molar-refractivity contribution in [3.8, 4) is 0 Å². The zero-order chi connectivity index (χ0) is 14.9. The number of rotatable bonds is 0. The Bertz CT molecular complexity index is 660. The van der Waals surface area contributed by atoms with Crippen molar-refractivity contribution in [3.05, 3.63) is 35.5 Å². The minimum absolute atomic E-state index is 0.0361. The zero-order valence-electron chi connectivity index (χ0n) is 12.9. The summed E-state index contributed by atoms with van der Waals surface area (Å²) in [4.78, 5) is 17.4. The highest BCUT2D eigenvalue weighted by Gasteiger charge is 2.24. The van der Waals surface area contributed by atoms with E-state index in [9.17, 15) is 4.79 Å². The third-order valence-corrected chi connectivity index (χ3v) is 5.27. The number of H-pyrrole nitrogens is 1. The third-order valence-electron chi connectivity index (χ3n) is 5.27. The second-order valence-electron chi connectivity index (χ2n) is 6.62. The quantitative estimate of drug-likeness (QED) is 0.785. The molecule has 4 heteroatoms. The monoisotopic (exact) mass is 297 g/mol. The number of aromatic amines is 1. The Balaban J connectivity index is 0.000000132. The molecule has 3 fully saturated rings. The molecule has 3 saturated heterocycles. The maximum absolute atomic E-state index is 11.7. The summed E-state index contributed by atoms with van der Waals surface area (Å²) in [6.07, 6.45) is 7.36. The Kier molecular flexibility index (Phi) is 3.62. The number of hydrogen-bond donors (Lipinski definition) is 2. The van der Waals surface area contributed by atoms with Crippen molar-refractivity contribution in [1.82, 2.24) is 15.2 Å². The number of carbonyl (C=O) groups excluding carboxylic acids is 1. The van der Waals surface area contributed by atoms with Gasteiger partial charge >= 0.3 is 0 Å². The summed E-state index contributed by atoms with van der Waals surface area (Å²) in [5.74, 6) is 1.15. The van der Waals surface area contributed by atoms with Gasteiger partial charge < -0.3 is 15.2 Å². The lowest BCUT2D eigenvalue weighted by molar-refractivity contribution is 0.0957. The first-order chi connectivity index (χ1) is 10.8. The summed E-state index contributed by atoms with van der Waals surface area (Å²) < 4.78 is 0. The van der Waals surface area contributed by atoms with Gasteiger partial charge in [-0.15, -0.1) is 0 Å². The molecule has 2 aromatic rings. The molecule has 2 bridgehead atoms. The minimum Gasteiger partial charge on any atom is -0.361 e. The Morgan fingerprint density at radius 2 is 1.86 bits per heavy atom. The molecule has 6 rings (SSSR count). The lowest BCUT2D eigenvalue weighted by atomic mass is 9.89. The first kappa shape index (κ1) is 13.8. The number of aromatic nitrogens is 1. The van der Waals surface area contributed by atoms with E-state index in [4.69, 9.17) is 0 Å². The molecule has 0 unspecified atom stereocenters. The average Bonchev–Trinajstić information content (AvgIpc) is 2.92. The van der Waals surface area contributed by atoms with E-state index >= 15 is 0 Å². The lowest BCUT2D eigenvalue weighted by Crippen LogP contribution is -2.41. The molecule has 4 nitrogen and oxygen atoms in total. The number of piperidine rings is 3. The normalized spacial score (nSPS) is 26.1. The third kappa shape index (κ3) is 2.52. The Labute approximate surface area is 130 Å². The summed E-state index contributed by atoms with van der Waals surface area (Å²) in [6.45, 7) is 4.90. The molecule has 0 radical (unpaired) electrons. The van der Waals surface area contributed by atoms with Gasteiger partial charge in [-0.25, -0.2) is 0 Å². The van der Waals surface area contributed by atoms with Gasteiger partial charge in [-0.05, 0) is 68.9 Å². The van der Waals surface area contributed by atoms with Crippen LogP contribution in [0.2, 0.25) is 0 Å². The number of fused-ring (bicyclic) bond motifs is 3. The molecule has 4 aliphatic rings. The smallest absolute Gasteiger partial charge is 0.251 e. The molecule has 4 aliphatic heterocycles. The van der Waals surface area contributed by atoms with E-state index in [-0.39, 0.29) is 5.91 Å². The molecule has 116 valence electrons. The highest BCUT2D eigenvalue weighted by molar-refractivity contribution is 6.08. The summed E-state index contributed by atoms with van der Waals surface area (Å²) in [5, 5.41) is 3.97. The van der Waals surface area contributed by atoms with Gasteiger partial charge in [0.2, 0.25) is 0 Å². The standard InChI is InChI=1S/C11H10N2O.C7H13N/c14-11-8-2-1-3-9-10(8)7(6-13-9)4-5-12-11;1-4-8-5-2-7(1)3-6-8/h1-3,6,13H,4-5H2,(H,12,14);7H,1-6H2. The minimum atomic E-state index is 0.0361. The van der Waals surface area contributed by atoms with Gasteiger partial charge in [0.15, 0.2) is 0 Å². The van der Waals surface area contributed by atoms with E-state index in [0.717, 1.165) is 35.3 Å². The summed E-state index contributed by atoms with van der Waals surface area (Å²) in [7, 11) is 0. The zero-order valence-corrected chi connectivity index (χ0v) is 12.9. The predicted octanol–water partition coefficient (Wildman–Crippen LogP) is 2.56. The van der Waals surface area contributed by atoms with Crippen molar-refractivity contribution < 1.29 is 4.79 Å². The SMILES string of the molecule is C1CN2CCC1CC2.O=C1NCCc2c[nH]c3cccc1c23. The van der Waals surface area contributed by atoms with Crippen LogP contribution in [0.5, 0.6) is 0 Å². The van der Waals surface area contributed by atoms with Crippen LogP contribution in [-0.4, -0.2) is 42.0 Å². The van der Waals surface area contributed by atoms with Crippen molar-refractivity contribution in [3.63, 3.8) is 0 Å². The van der Waals surface area contributed by atoms with Gasteiger partial charge in [0.25, 0.3) is 5.91 Å². The maximum Gasteiger partial charge on any atom is 0.251 e. The van der Waals surface area contributed by atoms with E-state index in [1.54, 1.807) is 0 Å². The molecular formula is C18H23N3O. The molecule has 0 saturated carbocycles. The molecule has 1 aromatic heterocycles. The van der Waals surface area contributed by atoms with Crippen LogP contribution in [0.3, 0.4) is 0 Å². The van der Waals surface area contributed by atoms with Crippen molar-refractivity contribution in [2.75, 3.05) is 26.2 Å². The van der Waals surface area contributed by atoms with Crippen LogP contribution in [0.15, 0.2) is 24.4 Å². The first-order valence-electron chi connectivity index (χ1n) is 8.41. The molecule has 1 amide bonds. The van der Waals surface area contributed by atoms with Gasteiger partial charge in [-0.3, -0.25) is 4.79 Å². The van der Waals surface area contributed by atoms with Crippen molar-refractivity contribution in [2.24, 2.45) is 5.92 Å². The molecular weight excluding hydrogens is 274 g/mol. The van der Waals surface area contributed by atoms with Gasteiger partial charge in [0.1, 0.15) is 0 Å². The Morgan fingerprint density at radius 3 is 2.50 bits per heavy atom. The van der Waals surface area contributed by atoms with E-state index in [0.29, 0.717) is 0 Å². The van der Waals surface area contributed by atoms with Crippen LogP contribution < -0.4 is 5.32 Å². The van der Waals surface area contributed by atoms with Gasteiger partial charge in [-0.2, -0.15) is 0 Å². The maximum atomic E-state index is 11.7. The molecule has 5 heterocycles. The van der Waals surface area contributed by atoms with Crippen LogP contribution in [0, 0.1) is 5.92 Å². The summed E-state index contributed by atoms with van der Waals surface area (Å²) >= 11 is 0. The number of carbonyl (C=O) groups is 1. The Hall–Kier alpha value is -1.81. The predicted molar refractivity (Wildman–Crippen MR) is 88.1 cm³/mol. The fraction of sp³-hybridized carbons (Fsp3) is 0.500. The van der Waals surface area contributed by atoms with E-state index in [2.05, 4.69) is 15.2 Å². The van der Waals surface area contributed by atoms with Crippen LogP contribution in [0.25, 0.3) is 10.9 Å². The van der Waals surface area contributed by atoms with Crippen LogP contribution in [0.1, 0.15) is 35.2 Å². The molecule has 0 spiro atoms. The van der Waals surface area contributed by atoms with Gasteiger partial charge in [0.05, 0.1) is 0 Å². The topological polar surface area (TPSA) is 48.1 Å². The Morgan fingerprint density at radius 1 is 1.09 bits per heavy atom. The second kappa shape index (κ2) is 5.76. The van der Waals surface area contributed by atoms with Crippen LogP contribution >= 0.6 is 0 Å². The van der Waals surface area contributed by atoms with Crippen LogP contribution in [-0.2, 0) is 6.42 Å². The fourth-order valence-corrected chi connectivity index (χ4v) is 3.91. The molecule has 1 aromatic carbocycles. The number of nitrogens with zero attached hydrogens (tertiary/aromatic N) is 1. The largest absolute Gasteiger partial charge is 0.361 e. The number of amides is 1. The van der Waals surface area contributed by atoms with E-state index in [1.165, 1.54) is 44.5 Å². The molecule has 2 N–H and O–H groups in total. The van der Waals surface area contributed by atoms with Gasteiger partial charge in [0, 0.05) is 29.2 Å². The van der Waals surface area contributed by atoms with Crippen molar-refractivity contribution >= 4 is 16.8 Å². The number of nitrogens with one attached hydrogen (secondary N) is 2. The highest BCUT2D eigenvalue weighted by atomic mass is 16.1. The molecule has 0 atom stereocenters. The molecule has 0 aliphatic carbocycles. The number of hydrogen-bond acceptors (Lipinski definition) is 2. The van der Waals surface area contributed by atoms with Crippen molar-refractivity contribution in [2.45, 2.75) is 25.7 Å². The summed E-state index contributed by atoms with van der Waals surface area (Å²) in [6, 6.07) is 5.78. The fourth-order valence-electron chi connectivity index (χ4n) is 3.91. The summed E-state index contributed by atoms with van der Waals surface area (Å²) in [5.41, 5.74) is 3.07. The van der Waals surface area contributed by atoms with Crippen LogP contribution in [0.4, 0.5) is 0 Å². The van der Waals surface area contributed by atoms with E-state index < -0.39 is 0 Å². The van der Waals surface area contributed by atoms with Crippen molar-refractivity contribution in [1.29, 1.82) is 0 Å². The number of benzene rings is 1. The lowest BCUT2D eigenvalue weighted by Gasteiger charge is -2.38. The van der Waals surface area contributed by atoms with Gasteiger partial charge in [-0.1, -0.05) is 6.07 Å². The van der Waals surface area contributed by atoms with E-state index in [1.807, 2.05) is 24.4 Å².